The zero-order valence-electron chi connectivity index (χ0n) is 10.6. The standard InChI is InChI=1S/C10H18N2O7/c1-4(14)12-6-8(19-10(11)16)7(15)5(3-13)18-9(6)17-2/h5-9,13,15H,3H2,1-2H3,(H2,11,16)(H,12,14)/t5-,6-,7-,8-,9+/m1/s1. The van der Waals surface area contributed by atoms with Crippen LogP contribution in [0.25, 0.3) is 0 Å². The van der Waals surface area contributed by atoms with Crippen LogP contribution in [0.2, 0.25) is 0 Å². The molecule has 2 amide bonds. The summed E-state index contributed by atoms with van der Waals surface area (Å²) < 4.78 is 15.0. The molecule has 0 aliphatic carbocycles. The molecule has 1 heterocycles. The first-order valence-corrected chi connectivity index (χ1v) is 5.61. The van der Waals surface area contributed by atoms with E-state index >= 15 is 0 Å². The maximum absolute atomic E-state index is 11.1. The lowest BCUT2D eigenvalue weighted by Crippen LogP contribution is -2.65. The molecule has 19 heavy (non-hydrogen) atoms. The third kappa shape index (κ3) is 3.77. The van der Waals surface area contributed by atoms with Crippen LogP contribution in [0, 0.1) is 0 Å². The highest BCUT2D eigenvalue weighted by atomic mass is 16.7. The Hall–Kier alpha value is -1.42. The maximum atomic E-state index is 11.1. The van der Waals surface area contributed by atoms with Crippen LogP contribution in [-0.4, -0.2) is 66.6 Å². The predicted octanol–water partition coefficient (Wildman–Crippen LogP) is -2.32. The number of aliphatic hydroxyl groups is 2. The number of nitrogens with one attached hydrogen (secondary N) is 1. The van der Waals surface area contributed by atoms with Crippen molar-refractivity contribution in [1.29, 1.82) is 0 Å². The highest BCUT2D eigenvalue weighted by Crippen LogP contribution is 2.24. The quantitative estimate of drug-likeness (QED) is 0.452. The summed E-state index contributed by atoms with van der Waals surface area (Å²) in [6.07, 6.45) is -5.65. The number of methoxy groups -OCH3 is 1. The largest absolute Gasteiger partial charge is 0.441 e. The van der Waals surface area contributed by atoms with Gasteiger partial charge in [-0.15, -0.1) is 0 Å². The Morgan fingerprint density at radius 1 is 1.47 bits per heavy atom. The van der Waals surface area contributed by atoms with Gasteiger partial charge in [-0.05, 0) is 0 Å². The average molecular weight is 278 g/mol. The molecule has 0 aromatic heterocycles. The molecule has 1 rings (SSSR count). The van der Waals surface area contributed by atoms with Gasteiger partial charge in [-0.3, -0.25) is 4.79 Å². The Balaban J connectivity index is 2.96. The second kappa shape index (κ2) is 6.66. The fourth-order valence-electron chi connectivity index (χ4n) is 1.93. The van der Waals surface area contributed by atoms with Gasteiger partial charge in [-0.2, -0.15) is 0 Å². The normalized spacial score (nSPS) is 34.6. The molecule has 0 radical (unpaired) electrons. The number of ether oxygens (including phenoxy) is 3. The summed E-state index contributed by atoms with van der Waals surface area (Å²) in [5.74, 6) is -0.427. The number of carbonyl (C=O) groups excluding carboxylic acids is 2. The van der Waals surface area contributed by atoms with Crippen molar-refractivity contribution in [2.45, 2.75) is 37.6 Å². The molecular formula is C10H18N2O7. The molecule has 0 spiro atoms. The van der Waals surface area contributed by atoms with Crippen molar-refractivity contribution in [3.8, 4) is 0 Å². The van der Waals surface area contributed by atoms with E-state index in [1.807, 2.05) is 0 Å². The Morgan fingerprint density at radius 2 is 2.11 bits per heavy atom. The minimum absolute atomic E-state index is 0.427. The Labute approximate surface area is 109 Å². The highest BCUT2D eigenvalue weighted by Gasteiger charge is 2.47. The summed E-state index contributed by atoms with van der Waals surface area (Å²) >= 11 is 0. The van der Waals surface area contributed by atoms with E-state index in [1.54, 1.807) is 0 Å². The van der Waals surface area contributed by atoms with Gasteiger partial charge in [0.15, 0.2) is 12.4 Å². The van der Waals surface area contributed by atoms with Gasteiger partial charge in [-0.1, -0.05) is 0 Å². The van der Waals surface area contributed by atoms with Crippen molar-refractivity contribution in [3.63, 3.8) is 0 Å². The lowest BCUT2D eigenvalue weighted by Gasteiger charge is -2.42. The van der Waals surface area contributed by atoms with Crippen molar-refractivity contribution < 1.29 is 34.0 Å². The monoisotopic (exact) mass is 278 g/mol. The molecule has 0 saturated carbocycles. The third-order valence-electron chi connectivity index (χ3n) is 2.71. The molecule has 110 valence electrons. The second-order valence-electron chi connectivity index (χ2n) is 4.08. The predicted molar refractivity (Wildman–Crippen MR) is 60.8 cm³/mol. The van der Waals surface area contributed by atoms with Gasteiger partial charge in [0, 0.05) is 14.0 Å². The molecule has 1 aliphatic heterocycles. The fourth-order valence-corrected chi connectivity index (χ4v) is 1.93. The molecule has 0 unspecified atom stereocenters. The van der Waals surface area contributed by atoms with Crippen molar-refractivity contribution in [3.05, 3.63) is 0 Å². The average Bonchev–Trinajstić information content (AvgIpc) is 2.33. The lowest BCUT2D eigenvalue weighted by molar-refractivity contribution is -0.261. The molecule has 1 fully saturated rings. The van der Waals surface area contributed by atoms with Crippen LogP contribution in [-0.2, 0) is 19.0 Å². The van der Waals surface area contributed by atoms with Crippen LogP contribution < -0.4 is 11.1 Å². The Kier molecular flexibility index (Phi) is 5.48. The fraction of sp³-hybridized carbons (Fsp3) is 0.800. The SMILES string of the molecule is CO[C@H]1O[C@H](CO)[C@@H](O)[C@H](OC(N)=O)[C@H]1NC(C)=O. The van der Waals surface area contributed by atoms with E-state index in [4.69, 9.17) is 25.1 Å². The molecule has 0 bridgehead atoms. The summed E-state index contributed by atoms with van der Waals surface area (Å²) in [7, 11) is 1.31. The second-order valence-corrected chi connectivity index (χ2v) is 4.08. The van der Waals surface area contributed by atoms with Crippen molar-refractivity contribution in [1.82, 2.24) is 5.32 Å². The van der Waals surface area contributed by atoms with Crippen molar-refractivity contribution in [2.75, 3.05) is 13.7 Å². The van der Waals surface area contributed by atoms with Gasteiger partial charge in [0.25, 0.3) is 0 Å². The van der Waals surface area contributed by atoms with E-state index < -0.39 is 49.3 Å². The summed E-state index contributed by atoms with van der Waals surface area (Å²) in [5.41, 5.74) is 4.92. The van der Waals surface area contributed by atoms with Gasteiger partial charge in [0.2, 0.25) is 5.91 Å². The van der Waals surface area contributed by atoms with Crippen LogP contribution >= 0.6 is 0 Å². The summed E-state index contributed by atoms with van der Waals surface area (Å²) in [6, 6.07) is -0.937. The number of aliphatic hydroxyl groups excluding tert-OH is 2. The highest BCUT2D eigenvalue weighted by molar-refractivity contribution is 5.73. The van der Waals surface area contributed by atoms with Crippen LogP contribution in [0.4, 0.5) is 4.79 Å². The molecule has 0 aromatic rings. The van der Waals surface area contributed by atoms with Crippen LogP contribution in [0.5, 0.6) is 0 Å². The van der Waals surface area contributed by atoms with Gasteiger partial charge in [-0.25, -0.2) is 4.79 Å². The number of rotatable bonds is 4. The summed E-state index contributed by atoms with van der Waals surface area (Å²) in [6.45, 7) is 0.741. The van der Waals surface area contributed by atoms with Gasteiger partial charge in [0.1, 0.15) is 18.2 Å². The zero-order valence-corrected chi connectivity index (χ0v) is 10.6. The van der Waals surface area contributed by atoms with E-state index in [-0.39, 0.29) is 0 Å². The Morgan fingerprint density at radius 3 is 2.53 bits per heavy atom. The molecule has 5 N–H and O–H groups in total. The number of nitrogens with two attached hydrogens (primary N) is 1. The molecular weight excluding hydrogens is 260 g/mol. The number of hydrogen-bond acceptors (Lipinski definition) is 7. The molecule has 5 atom stereocenters. The third-order valence-corrected chi connectivity index (χ3v) is 2.71. The smallest absolute Gasteiger partial charge is 0.404 e. The first-order valence-electron chi connectivity index (χ1n) is 5.61. The first-order chi connectivity index (χ1) is 8.90. The van der Waals surface area contributed by atoms with Gasteiger partial charge < -0.3 is 35.5 Å². The minimum Gasteiger partial charge on any atom is -0.441 e. The molecule has 1 saturated heterocycles. The van der Waals surface area contributed by atoms with Crippen LogP contribution in [0.3, 0.4) is 0 Å². The maximum Gasteiger partial charge on any atom is 0.404 e. The van der Waals surface area contributed by atoms with E-state index in [9.17, 15) is 14.7 Å². The summed E-state index contributed by atoms with van der Waals surface area (Å²) in [4.78, 5) is 22.0. The number of primary amides is 1. The number of amides is 2. The molecule has 0 aromatic carbocycles. The van der Waals surface area contributed by atoms with Gasteiger partial charge in [0.05, 0.1) is 6.61 Å². The summed E-state index contributed by atoms with van der Waals surface area (Å²) in [5, 5.41) is 21.5. The van der Waals surface area contributed by atoms with Crippen LogP contribution in [0.15, 0.2) is 0 Å². The zero-order chi connectivity index (χ0) is 14.6. The molecule has 9 nitrogen and oxygen atoms in total. The Bertz CT molecular complexity index is 338. The topological polar surface area (TPSA) is 140 Å². The first kappa shape index (κ1) is 15.6. The van der Waals surface area contributed by atoms with E-state index in [0.717, 1.165) is 0 Å². The molecule has 1 aliphatic rings. The number of carbonyl (C=O) groups is 2. The van der Waals surface area contributed by atoms with E-state index in [0.29, 0.717) is 0 Å². The van der Waals surface area contributed by atoms with E-state index in [2.05, 4.69) is 5.32 Å². The van der Waals surface area contributed by atoms with E-state index in [1.165, 1.54) is 14.0 Å². The molecule has 9 heteroatoms. The minimum atomic E-state index is -1.35. The van der Waals surface area contributed by atoms with Crippen LogP contribution in [0.1, 0.15) is 6.92 Å². The number of hydrogen-bond donors (Lipinski definition) is 4. The van der Waals surface area contributed by atoms with Gasteiger partial charge >= 0.3 is 6.09 Å². The van der Waals surface area contributed by atoms with Crippen molar-refractivity contribution >= 4 is 12.0 Å². The lowest BCUT2D eigenvalue weighted by atomic mass is 9.96. The van der Waals surface area contributed by atoms with Crippen molar-refractivity contribution in [2.24, 2.45) is 5.73 Å².